The molecule has 0 radical (unpaired) electrons. The molecule has 2 aliphatic heterocycles. The molecule has 120 valence electrons. The maximum Gasteiger partial charge on any atom is 0.332 e. The highest BCUT2D eigenvalue weighted by Crippen LogP contribution is 2.40. The van der Waals surface area contributed by atoms with Gasteiger partial charge in [0.2, 0.25) is 0 Å². The van der Waals surface area contributed by atoms with Crippen LogP contribution in [-0.4, -0.2) is 34.7 Å². The highest BCUT2D eigenvalue weighted by atomic mass is 16.2. The lowest BCUT2D eigenvalue weighted by Gasteiger charge is -2.26. The Balaban J connectivity index is 1.80. The zero-order valence-electron chi connectivity index (χ0n) is 13.0. The van der Waals surface area contributed by atoms with Crippen LogP contribution in [0.3, 0.4) is 0 Å². The average molecular weight is 320 g/mol. The lowest BCUT2D eigenvalue weighted by molar-refractivity contribution is -0.134. The van der Waals surface area contributed by atoms with Crippen LogP contribution < -0.4 is 4.90 Å². The Morgan fingerprint density at radius 3 is 2.17 bits per heavy atom. The second kappa shape index (κ2) is 5.30. The van der Waals surface area contributed by atoms with Crippen molar-refractivity contribution in [2.45, 2.75) is 18.4 Å². The van der Waals surface area contributed by atoms with Crippen LogP contribution in [0, 0.1) is 0 Å². The third-order valence-corrected chi connectivity index (χ3v) is 4.78. The molecule has 0 aliphatic carbocycles. The Kier molecular flexibility index (Phi) is 3.23. The molecule has 2 heterocycles. The zero-order valence-corrected chi connectivity index (χ0v) is 13.0. The van der Waals surface area contributed by atoms with E-state index in [1.807, 2.05) is 36.4 Å². The number of hydrogen-bond acceptors (Lipinski definition) is 3. The van der Waals surface area contributed by atoms with Crippen LogP contribution in [0.25, 0.3) is 0 Å². The van der Waals surface area contributed by atoms with Gasteiger partial charge in [-0.25, -0.2) is 9.69 Å². The Hall–Kier alpha value is -2.95. The van der Waals surface area contributed by atoms with Crippen LogP contribution in [0.15, 0.2) is 60.7 Å². The molecule has 2 saturated heterocycles. The summed E-state index contributed by atoms with van der Waals surface area (Å²) in [5, 5.41) is 0. The number of urea groups is 1. The molecular weight excluding hydrogens is 304 g/mol. The molecule has 2 fully saturated rings. The quantitative estimate of drug-likeness (QED) is 0.644. The number of imide groups is 1. The van der Waals surface area contributed by atoms with E-state index >= 15 is 0 Å². The monoisotopic (exact) mass is 320 g/mol. The van der Waals surface area contributed by atoms with Crippen LogP contribution in [0.1, 0.15) is 12.0 Å². The molecule has 3 amide bonds. The van der Waals surface area contributed by atoms with Crippen LogP contribution in [0.4, 0.5) is 10.5 Å². The number of Topliss-reactive ketones (excluding diaryl/α,β-unsaturated/α-hetero) is 1. The van der Waals surface area contributed by atoms with Crippen LogP contribution in [0.5, 0.6) is 0 Å². The molecule has 0 N–H and O–H groups in total. The molecule has 0 spiro atoms. The first kappa shape index (κ1) is 14.6. The third kappa shape index (κ3) is 1.91. The van der Waals surface area contributed by atoms with Crippen molar-refractivity contribution in [3.8, 4) is 0 Å². The van der Waals surface area contributed by atoms with Crippen LogP contribution >= 0.6 is 0 Å². The minimum atomic E-state index is -1.39. The molecule has 5 heteroatoms. The summed E-state index contributed by atoms with van der Waals surface area (Å²) < 4.78 is 0. The summed E-state index contributed by atoms with van der Waals surface area (Å²) in [6.45, 7) is 0.291. The van der Waals surface area contributed by atoms with Gasteiger partial charge in [0.15, 0.2) is 11.3 Å². The van der Waals surface area contributed by atoms with Crippen molar-refractivity contribution in [3.63, 3.8) is 0 Å². The number of rotatable bonds is 3. The van der Waals surface area contributed by atoms with E-state index in [-0.39, 0.29) is 18.6 Å². The van der Waals surface area contributed by atoms with E-state index in [0.717, 1.165) is 10.5 Å². The van der Waals surface area contributed by atoms with E-state index < -0.39 is 17.5 Å². The SMILES string of the molecule is O=C1N(c2ccccc2)C(=O)C2(Cc3ccccc3)C(=O)CCN12. The Morgan fingerprint density at radius 1 is 0.875 bits per heavy atom. The highest BCUT2D eigenvalue weighted by Gasteiger charge is 2.64. The fourth-order valence-electron chi connectivity index (χ4n) is 3.61. The summed E-state index contributed by atoms with van der Waals surface area (Å²) >= 11 is 0. The fourth-order valence-corrected chi connectivity index (χ4v) is 3.61. The molecule has 2 aromatic rings. The van der Waals surface area contributed by atoms with Crippen LogP contribution in [0.2, 0.25) is 0 Å². The standard InChI is InChI=1S/C19H16N2O3/c22-16-11-12-20-18(24)21(15-9-5-2-6-10-15)17(23)19(16,20)13-14-7-3-1-4-8-14/h1-10H,11-13H2. The van der Waals surface area contributed by atoms with Gasteiger partial charge < -0.3 is 4.90 Å². The number of anilines is 1. The van der Waals surface area contributed by atoms with Crippen molar-refractivity contribution >= 4 is 23.4 Å². The van der Waals surface area contributed by atoms with E-state index in [0.29, 0.717) is 12.2 Å². The Bertz CT molecular complexity index is 819. The first-order chi connectivity index (χ1) is 11.6. The molecule has 1 atom stereocenters. The summed E-state index contributed by atoms with van der Waals surface area (Å²) in [4.78, 5) is 41.2. The van der Waals surface area contributed by atoms with Crippen molar-refractivity contribution in [2.75, 3.05) is 11.4 Å². The minimum Gasteiger partial charge on any atom is -0.302 e. The molecule has 2 aliphatic rings. The second-order valence-corrected chi connectivity index (χ2v) is 6.11. The Labute approximate surface area is 139 Å². The number of benzene rings is 2. The number of para-hydroxylation sites is 1. The number of nitrogens with zero attached hydrogens (tertiary/aromatic N) is 2. The Morgan fingerprint density at radius 2 is 1.50 bits per heavy atom. The van der Waals surface area contributed by atoms with Crippen molar-refractivity contribution in [1.29, 1.82) is 0 Å². The molecule has 0 bridgehead atoms. The van der Waals surface area contributed by atoms with E-state index in [9.17, 15) is 14.4 Å². The van der Waals surface area contributed by atoms with E-state index in [1.54, 1.807) is 24.3 Å². The van der Waals surface area contributed by atoms with Crippen molar-refractivity contribution < 1.29 is 14.4 Å². The zero-order chi connectivity index (χ0) is 16.7. The minimum absolute atomic E-state index is 0.178. The van der Waals surface area contributed by atoms with Gasteiger partial charge in [-0.3, -0.25) is 9.59 Å². The first-order valence-electron chi connectivity index (χ1n) is 7.93. The third-order valence-electron chi connectivity index (χ3n) is 4.78. The molecule has 1 unspecified atom stereocenters. The number of hydrogen-bond donors (Lipinski definition) is 0. The smallest absolute Gasteiger partial charge is 0.302 e. The molecule has 4 rings (SSSR count). The van der Waals surface area contributed by atoms with Gasteiger partial charge in [0.25, 0.3) is 5.91 Å². The van der Waals surface area contributed by atoms with E-state index in [2.05, 4.69) is 0 Å². The van der Waals surface area contributed by atoms with Gasteiger partial charge >= 0.3 is 6.03 Å². The van der Waals surface area contributed by atoms with E-state index in [1.165, 1.54) is 4.90 Å². The average Bonchev–Trinajstić information content (AvgIpc) is 3.04. The number of amides is 3. The van der Waals surface area contributed by atoms with Gasteiger partial charge in [0.05, 0.1) is 5.69 Å². The molecule has 24 heavy (non-hydrogen) atoms. The first-order valence-corrected chi connectivity index (χ1v) is 7.93. The van der Waals surface area contributed by atoms with E-state index in [4.69, 9.17) is 0 Å². The number of carbonyl (C=O) groups excluding carboxylic acids is 3. The number of carbonyl (C=O) groups is 3. The topological polar surface area (TPSA) is 57.7 Å². The van der Waals surface area contributed by atoms with Gasteiger partial charge in [0.1, 0.15) is 0 Å². The van der Waals surface area contributed by atoms with Gasteiger partial charge in [-0.15, -0.1) is 0 Å². The number of fused-ring (bicyclic) bond motifs is 1. The van der Waals surface area contributed by atoms with Crippen molar-refractivity contribution in [2.24, 2.45) is 0 Å². The largest absolute Gasteiger partial charge is 0.332 e. The predicted molar refractivity (Wildman–Crippen MR) is 88.5 cm³/mol. The second-order valence-electron chi connectivity index (χ2n) is 6.11. The summed E-state index contributed by atoms with van der Waals surface area (Å²) in [6.07, 6.45) is 0.452. The predicted octanol–water partition coefficient (Wildman–Crippen LogP) is 2.41. The molecule has 2 aromatic carbocycles. The normalized spacial score (nSPS) is 23.1. The fraction of sp³-hybridized carbons (Fsp3) is 0.211. The lowest BCUT2D eigenvalue weighted by Crippen LogP contribution is -2.52. The highest BCUT2D eigenvalue weighted by molar-refractivity contribution is 6.32. The molecule has 0 aromatic heterocycles. The molecular formula is C19H16N2O3. The lowest BCUT2D eigenvalue weighted by atomic mass is 9.87. The number of ketones is 1. The van der Waals surface area contributed by atoms with Gasteiger partial charge in [-0.05, 0) is 17.7 Å². The summed E-state index contributed by atoms with van der Waals surface area (Å²) in [7, 11) is 0. The van der Waals surface area contributed by atoms with Gasteiger partial charge in [-0.2, -0.15) is 0 Å². The summed E-state index contributed by atoms with van der Waals surface area (Å²) in [5.74, 6) is -0.617. The van der Waals surface area contributed by atoms with Crippen molar-refractivity contribution in [3.05, 3.63) is 66.2 Å². The van der Waals surface area contributed by atoms with Gasteiger partial charge in [-0.1, -0.05) is 48.5 Å². The van der Waals surface area contributed by atoms with Crippen LogP contribution in [-0.2, 0) is 16.0 Å². The van der Waals surface area contributed by atoms with Gasteiger partial charge in [0, 0.05) is 19.4 Å². The summed E-state index contributed by atoms with van der Waals surface area (Å²) in [5.41, 5.74) is -0.0233. The van der Waals surface area contributed by atoms with Crippen molar-refractivity contribution in [1.82, 2.24) is 4.90 Å². The molecule has 5 nitrogen and oxygen atoms in total. The molecule has 0 saturated carbocycles. The summed E-state index contributed by atoms with van der Waals surface area (Å²) in [6, 6.07) is 17.7. The maximum atomic E-state index is 13.2. The maximum absolute atomic E-state index is 13.2.